The third-order valence-electron chi connectivity index (χ3n) is 5.57. The molecule has 0 spiro atoms. The summed E-state index contributed by atoms with van der Waals surface area (Å²) in [6, 6.07) is 10.8. The lowest BCUT2D eigenvalue weighted by Crippen LogP contribution is -2.36. The number of aryl methyl sites for hydroxylation is 3. The van der Waals surface area contributed by atoms with Gasteiger partial charge in [-0.05, 0) is 101 Å². The first-order valence-corrected chi connectivity index (χ1v) is 12.5. The quantitative estimate of drug-likeness (QED) is 0.349. The molecule has 7 heteroatoms. The number of carboxylic acid groups (broad SMARTS) is 1. The molecular formula is C29H39FN2O3S. The van der Waals surface area contributed by atoms with Crippen LogP contribution in [0.1, 0.15) is 55.5 Å². The minimum absolute atomic E-state index is 0.180. The second-order valence-electron chi connectivity index (χ2n) is 9.59. The molecule has 36 heavy (non-hydrogen) atoms. The predicted octanol–water partition coefficient (Wildman–Crippen LogP) is 6.55. The van der Waals surface area contributed by atoms with Gasteiger partial charge >= 0.3 is 5.97 Å². The molecule has 2 aromatic rings. The van der Waals surface area contributed by atoms with Crippen molar-refractivity contribution in [2.24, 2.45) is 0 Å². The van der Waals surface area contributed by atoms with Crippen LogP contribution in [0.4, 0.5) is 4.39 Å². The first-order valence-electron chi connectivity index (χ1n) is 11.6. The average Bonchev–Trinajstić information content (AvgIpc) is 2.80. The zero-order valence-corrected chi connectivity index (χ0v) is 23.4. The van der Waals surface area contributed by atoms with E-state index in [1.165, 1.54) is 28.8 Å². The molecule has 0 bridgehead atoms. The van der Waals surface area contributed by atoms with Crippen molar-refractivity contribution < 1.29 is 19.0 Å². The molecular weight excluding hydrogens is 475 g/mol. The Morgan fingerprint density at radius 1 is 1.14 bits per heavy atom. The number of allylic oxidation sites excluding steroid dienone is 1. The highest BCUT2D eigenvalue weighted by Gasteiger charge is 2.30. The Morgan fingerprint density at radius 3 is 2.25 bits per heavy atom. The van der Waals surface area contributed by atoms with Gasteiger partial charge in [-0.25, -0.2) is 9.18 Å². The fourth-order valence-electron chi connectivity index (χ4n) is 3.55. The number of carbonyl (C=O) groups is 1. The minimum atomic E-state index is -1.21. The second-order valence-corrected chi connectivity index (χ2v) is 9.59. The fourth-order valence-corrected chi connectivity index (χ4v) is 3.55. The Kier molecular flexibility index (Phi) is 11.6. The van der Waals surface area contributed by atoms with E-state index < -0.39 is 17.7 Å². The summed E-state index contributed by atoms with van der Waals surface area (Å²) in [4.78, 5) is 11.6. The van der Waals surface area contributed by atoms with Gasteiger partial charge in [-0.1, -0.05) is 30.3 Å². The van der Waals surface area contributed by atoms with Crippen LogP contribution in [0, 0.1) is 32.0 Å². The van der Waals surface area contributed by atoms with Gasteiger partial charge in [0.2, 0.25) is 0 Å². The third kappa shape index (κ3) is 8.64. The van der Waals surface area contributed by atoms with Crippen molar-refractivity contribution in [2.75, 3.05) is 6.26 Å². The highest BCUT2D eigenvalue weighted by molar-refractivity contribution is 7.79. The van der Waals surface area contributed by atoms with Crippen LogP contribution < -0.4 is 5.32 Å². The molecule has 0 saturated heterocycles. The smallest absolute Gasteiger partial charge is 0.337 e. The molecule has 0 saturated carbocycles. The lowest BCUT2D eigenvalue weighted by atomic mass is 9.91. The molecule has 3 N–H and O–H groups in total. The molecule has 0 amide bonds. The molecule has 2 aromatic carbocycles. The van der Waals surface area contributed by atoms with E-state index in [4.69, 9.17) is 10.1 Å². The van der Waals surface area contributed by atoms with E-state index in [9.17, 15) is 14.3 Å². The zero-order valence-electron chi connectivity index (χ0n) is 22.5. The average molecular weight is 515 g/mol. The molecule has 1 aliphatic rings. The number of ether oxygens (including phenoxy) is 1. The number of rotatable bonds is 4. The van der Waals surface area contributed by atoms with Gasteiger partial charge in [0.25, 0.3) is 0 Å². The number of halogens is 1. The topological polar surface area (TPSA) is 82.4 Å². The monoisotopic (exact) mass is 514 g/mol. The van der Waals surface area contributed by atoms with Crippen molar-refractivity contribution in [3.05, 3.63) is 93.5 Å². The molecule has 0 aromatic heterocycles. The number of carboxylic acids is 1. The van der Waals surface area contributed by atoms with Gasteiger partial charge in [-0.3, -0.25) is 5.41 Å². The van der Waals surface area contributed by atoms with Crippen molar-refractivity contribution in [3.8, 4) is 0 Å². The number of hydrogen-bond donors (Lipinski definition) is 4. The number of nitrogens with one attached hydrogen (secondary N) is 2. The van der Waals surface area contributed by atoms with Gasteiger partial charge in [-0.2, -0.15) is 12.6 Å². The third-order valence-corrected chi connectivity index (χ3v) is 5.57. The van der Waals surface area contributed by atoms with E-state index in [0.717, 1.165) is 0 Å². The molecule has 1 unspecified atom stereocenters. The normalized spacial score (nSPS) is 14.7. The van der Waals surface area contributed by atoms with E-state index >= 15 is 0 Å². The van der Waals surface area contributed by atoms with E-state index in [1.54, 1.807) is 40.0 Å². The van der Waals surface area contributed by atoms with E-state index in [0.29, 0.717) is 28.9 Å². The summed E-state index contributed by atoms with van der Waals surface area (Å²) >= 11 is 3.53. The Morgan fingerprint density at radius 2 is 1.75 bits per heavy atom. The Bertz CT molecular complexity index is 1150. The van der Waals surface area contributed by atoms with Crippen molar-refractivity contribution >= 4 is 24.3 Å². The first kappa shape index (κ1) is 31.1. The summed E-state index contributed by atoms with van der Waals surface area (Å²) in [6.45, 7) is 17.6. The summed E-state index contributed by atoms with van der Waals surface area (Å²) < 4.78 is 19.0. The molecule has 1 heterocycles. The number of thiol groups is 1. The van der Waals surface area contributed by atoms with Gasteiger partial charge in [0.05, 0.1) is 17.0 Å². The molecule has 0 aliphatic carbocycles. The Hall–Kier alpha value is -2.90. The number of aliphatic carboxylic acids is 1. The van der Waals surface area contributed by atoms with E-state index in [2.05, 4.69) is 63.5 Å². The van der Waals surface area contributed by atoms with Crippen LogP contribution in [0.5, 0.6) is 0 Å². The summed E-state index contributed by atoms with van der Waals surface area (Å²) in [5.74, 6) is -1.49. The first-order chi connectivity index (χ1) is 16.7. The Balaban J connectivity index is 0.000000491. The maximum Gasteiger partial charge on any atom is 0.337 e. The molecule has 0 fully saturated rings. The number of benzene rings is 2. The standard InChI is InChI=1S/C19H23FN2O3.C9H12.CH4S/c1-10(11(2)17(18(23)24)25-19(3,4)5)16-15(21)14-7-6-13(20)8-12(14)9-22-16;1-7-4-5-8(2)9(3)6-7;1-2/h6-8,17,21-22H,2,9H2,1,3-5H3,(H,23,24);4-6H,1-3H3;2H,1H3/b16-10+,21-15?;;. The molecule has 3 rings (SSSR count). The molecule has 5 nitrogen and oxygen atoms in total. The van der Waals surface area contributed by atoms with Crippen molar-refractivity contribution in [3.63, 3.8) is 0 Å². The van der Waals surface area contributed by atoms with Crippen molar-refractivity contribution in [2.45, 2.75) is 66.7 Å². The van der Waals surface area contributed by atoms with Gasteiger partial charge in [0.1, 0.15) is 5.82 Å². The number of fused-ring (bicyclic) bond motifs is 1. The molecule has 196 valence electrons. The maximum atomic E-state index is 13.4. The van der Waals surface area contributed by atoms with Crippen molar-refractivity contribution in [1.29, 1.82) is 5.41 Å². The van der Waals surface area contributed by atoms with Crippen LogP contribution in [-0.4, -0.2) is 34.7 Å². The van der Waals surface area contributed by atoms with E-state index in [1.807, 2.05) is 0 Å². The van der Waals surface area contributed by atoms with Gasteiger partial charge in [0, 0.05) is 12.1 Å². The lowest BCUT2D eigenvalue weighted by molar-refractivity contribution is -0.155. The minimum Gasteiger partial charge on any atom is -0.479 e. The van der Waals surface area contributed by atoms with Crippen LogP contribution in [0.25, 0.3) is 0 Å². The van der Waals surface area contributed by atoms with Crippen LogP contribution in [-0.2, 0) is 16.1 Å². The van der Waals surface area contributed by atoms with Gasteiger partial charge < -0.3 is 15.2 Å². The summed E-state index contributed by atoms with van der Waals surface area (Å²) in [7, 11) is 0. The van der Waals surface area contributed by atoms with Crippen LogP contribution in [0.3, 0.4) is 0 Å². The Labute approximate surface area is 220 Å². The second kappa shape index (κ2) is 13.4. The van der Waals surface area contributed by atoms with Gasteiger partial charge in [-0.15, -0.1) is 0 Å². The van der Waals surface area contributed by atoms with E-state index in [-0.39, 0.29) is 17.1 Å². The zero-order chi connectivity index (χ0) is 27.8. The number of hydrogen-bond acceptors (Lipinski definition) is 5. The van der Waals surface area contributed by atoms with Gasteiger partial charge in [0.15, 0.2) is 6.10 Å². The van der Waals surface area contributed by atoms with Crippen LogP contribution in [0.2, 0.25) is 0 Å². The molecule has 0 radical (unpaired) electrons. The highest BCUT2D eigenvalue weighted by atomic mass is 32.1. The van der Waals surface area contributed by atoms with Crippen LogP contribution in [0.15, 0.2) is 59.8 Å². The van der Waals surface area contributed by atoms with Crippen molar-refractivity contribution in [1.82, 2.24) is 5.32 Å². The largest absolute Gasteiger partial charge is 0.479 e. The molecule has 1 atom stereocenters. The summed E-state index contributed by atoms with van der Waals surface area (Å²) in [5, 5.41) is 20.9. The molecule has 1 aliphatic heterocycles. The highest BCUT2D eigenvalue weighted by Crippen LogP contribution is 2.27. The summed E-state index contributed by atoms with van der Waals surface area (Å²) in [6.07, 6.45) is 0.483. The predicted molar refractivity (Wildman–Crippen MR) is 150 cm³/mol. The fraction of sp³-hybridized carbons (Fsp3) is 0.379. The lowest BCUT2D eigenvalue weighted by Gasteiger charge is -2.29. The summed E-state index contributed by atoms with van der Waals surface area (Å²) in [5.41, 5.74) is 6.23. The van der Waals surface area contributed by atoms with Crippen LogP contribution >= 0.6 is 12.6 Å². The SMILES string of the molecule is C=C(/C(C)=C1/NCc2cc(F)ccc2C1=N)C(OC(C)(C)C)C(=O)O.CS.Cc1ccc(C)c(C)c1. The maximum absolute atomic E-state index is 13.4.